The first kappa shape index (κ1) is 14.6. The first-order chi connectivity index (χ1) is 10.8. The van der Waals surface area contributed by atoms with Crippen molar-refractivity contribution < 1.29 is 14.3 Å². The maximum atomic E-state index is 11.8. The Kier molecular flexibility index (Phi) is 4.42. The van der Waals surface area contributed by atoms with Crippen molar-refractivity contribution in [3.05, 3.63) is 65.7 Å². The van der Waals surface area contributed by atoms with E-state index in [-0.39, 0.29) is 18.0 Å². The minimum Gasteiger partial charge on any atom is -0.496 e. The number of rotatable bonds is 6. The fourth-order valence-corrected chi connectivity index (χ4v) is 2.94. The van der Waals surface area contributed by atoms with Gasteiger partial charge in [-0.1, -0.05) is 48.5 Å². The van der Waals surface area contributed by atoms with Gasteiger partial charge in [-0.15, -0.1) is 0 Å². The predicted molar refractivity (Wildman–Crippen MR) is 84.8 cm³/mol. The highest BCUT2D eigenvalue weighted by atomic mass is 16.6. The van der Waals surface area contributed by atoms with Crippen LogP contribution in [0.4, 0.5) is 0 Å². The summed E-state index contributed by atoms with van der Waals surface area (Å²) >= 11 is 0. The lowest BCUT2D eigenvalue weighted by atomic mass is 9.86. The number of aryl methyl sites for hydroxylation is 1. The molecule has 0 radical (unpaired) electrons. The zero-order chi connectivity index (χ0) is 15.4. The highest BCUT2D eigenvalue weighted by molar-refractivity contribution is 5.79. The van der Waals surface area contributed by atoms with Crippen LogP contribution >= 0.6 is 0 Å². The summed E-state index contributed by atoms with van der Waals surface area (Å²) in [5.74, 6) is 0.688. The van der Waals surface area contributed by atoms with Gasteiger partial charge in [0, 0.05) is 0 Å². The Bertz CT molecular complexity index is 636. The maximum Gasteiger partial charge on any atom is 0.313 e. The van der Waals surface area contributed by atoms with E-state index >= 15 is 0 Å². The predicted octanol–water partition coefficient (Wildman–Crippen LogP) is 3.41. The third kappa shape index (κ3) is 3.14. The topological polar surface area (TPSA) is 35.5 Å². The largest absolute Gasteiger partial charge is 0.496 e. The van der Waals surface area contributed by atoms with Gasteiger partial charge in [0.15, 0.2) is 0 Å². The number of esters is 1. The Hall–Kier alpha value is -2.29. The van der Waals surface area contributed by atoms with Crippen LogP contribution in [-0.2, 0) is 22.4 Å². The SMILES string of the molecule is COc1ccccc1CC1C(=O)OC1CCc1ccccc1. The van der Waals surface area contributed by atoms with Crippen molar-refractivity contribution in [2.24, 2.45) is 5.92 Å². The molecular formula is C19H20O3. The van der Waals surface area contributed by atoms with Gasteiger partial charge >= 0.3 is 5.97 Å². The average Bonchev–Trinajstić information content (AvgIpc) is 2.57. The zero-order valence-electron chi connectivity index (χ0n) is 12.7. The lowest BCUT2D eigenvalue weighted by molar-refractivity contribution is -0.185. The van der Waals surface area contributed by atoms with E-state index in [1.165, 1.54) is 5.56 Å². The average molecular weight is 296 g/mol. The molecule has 1 saturated heterocycles. The van der Waals surface area contributed by atoms with Crippen LogP contribution < -0.4 is 4.74 Å². The molecule has 1 fully saturated rings. The number of carbonyl (C=O) groups is 1. The first-order valence-electron chi connectivity index (χ1n) is 7.64. The Morgan fingerprint density at radius 1 is 1.05 bits per heavy atom. The Balaban J connectivity index is 1.61. The van der Waals surface area contributed by atoms with Gasteiger partial charge in [0.2, 0.25) is 0 Å². The molecule has 3 heteroatoms. The highest BCUT2D eigenvalue weighted by Gasteiger charge is 2.42. The van der Waals surface area contributed by atoms with E-state index in [9.17, 15) is 4.79 Å². The van der Waals surface area contributed by atoms with Crippen molar-refractivity contribution >= 4 is 5.97 Å². The molecule has 22 heavy (non-hydrogen) atoms. The fraction of sp³-hybridized carbons (Fsp3) is 0.316. The molecule has 2 atom stereocenters. The van der Waals surface area contributed by atoms with E-state index in [4.69, 9.17) is 9.47 Å². The Morgan fingerprint density at radius 2 is 1.77 bits per heavy atom. The van der Waals surface area contributed by atoms with Gasteiger partial charge in [0.25, 0.3) is 0 Å². The fourth-order valence-electron chi connectivity index (χ4n) is 2.94. The van der Waals surface area contributed by atoms with Crippen molar-refractivity contribution in [3.8, 4) is 5.75 Å². The van der Waals surface area contributed by atoms with Gasteiger partial charge < -0.3 is 9.47 Å². The van der Waals surface area contributed by atoms with Crippen molar-refractivity contribution in [2.75, 3.05) is 7.11 Å². The summed E-state index contributed by atoms with van der Waals surface area (Å²) in [5, 5.41) is 0. The summed E-state index contributed by atoms with van der Waals surface area (Å²) in [4.78, 5) is 11.8. The van der Waals surface area contributed by atoms with E-state index in [0.29, 0.717) is 6.42 Å². The van der Waals surface area contributed by atoms with E-state index in [1.807, 2.05) is 42.5 Å². The third-order valence-corrected chi connectivity index (χ3v) is 4.21. The van der Waals surface area contributed by atoms with E-state index in [1.54, 1.807) is 7.11 Å². The van der Waals surface area contributed by atoms with Gasteiger partial charge in [0.1, 0.15) is 11.9 Å². The molecule has 0 N–H and O–H groups in total. The Labute approximate surface area is 130 Å². The minimum absolute atomic E-state index is 0.0117. The molecule has 0 spiro atoms. The molecule has 2 unspecified atom stereocenters. The number of benzene rings is 2. The van der Waals surface area contributed by atoms with Crippen molar-refractivity contribution in [3.63, 3.8) is 0 Å². The van der Waals surface area contributed by atoms with Crippen LogP contribution in [0.2, 0.25) is 0 Å². The molecule has 1 heterocycles. The summed E-state index contributed by atoms with van der Waals surface area (Å²) < 4.78 is 10.7. The van der Waals surface area contributed by atoms with E-state index < -0.39 is 0 Å². The number of ether oxygens (including phenoxy) is 2. The molecule has 1 aliphatic rings. The second kappa shape index (κ2) is 6.65. The molecule has 1 aliphatic heterocycles. The smallest absolute Gasteiger partial charge is 0.313 e. The third-order valence-electron chi connectivity index (χ3n) is 4.21. The van der Waals surface area contributed by atoms with E-state index in [0.717, 1.165) is 24.2 Å². The molecule has 2 aromatic rings. The van der Waals surface area contributed by atoms with Crippen molar-refractivity contribution in [2.45, 2.75) is 25.4 Å². The molecule has 0 amide bonds. The summed E-state index contributed by atoms with van der Waals surface area (Å²) in [6.45, 7) is 0. The van der Waals surface area contributed by atoms with Gasteiger partial charge in [0.05, 0.1) is 13.0 Å². The molecule has 0 aliphatic carbocycles. The molecule has 0 bridgehead atoms. The lowest BCUT2D eigenvalue weighted by Gasteiger charge is -2.35. The second-order valence-electron chi connectivity index (χ2n) is 5.62. The standard InChI is InChI=1S/C19H20O3/c1-21-17-10-6-5-9-15(17)13-16-18(22-19(16)20)12-11-14-7-3-2-4-8-14/h2-10,16,18H,11-13H2,1H3. The normalized spacial score (nSPS) is 20.1. The molecular weight excluding hydrogens is 276 g/mol. The lowest BCUT2D eigenvalue weighted by Crippen LogP contribution is -2.46. The first-order valence-corrected chi connectivity index (χ1v) is 7.64. The van der Waals surface area contributed by atoms with Crippen LogP contribution in [0.25, 0.3) is 0 Å². The summed E-state index contributed by atoms with van der Waals surface area (Å²) in [6, 6.07) is 18.2. The number of hydrogen-bond acceptors (Lipinski definition) is 3. The van der Waals surface area contributed by atoms with Gasteiger partial charge in [-0.3, -0.25) is 4.79 Å². The second-order valence-corrected chi connectivity index (χ2v) is 5.62. The van der Waals surface area contributed by atoms with Crippen molar-refractivity contribution in [1.29, 1.82) is 0 Å². The zero-order valence-corrected chi connectivity index (χ0v) is 12.7. The van der Waals surface area contributed by atoms with E-state index in [2.05, 4.69) is 12.1 Å². The van der Waals surface area contributed by atoms with Gasteiger partial charge in [-0.05, 0) is 36.5 Å². The van der Waals surface area contributed by atoms with Crippen LogP contribution in [0, 0.1) is 5.92 Å². The quantitative estimate of drug-likeness (QED) is 0.766. The molecule has 114 valence electrons. The molecule has 2 aromatic carbocycles. The number of cyclic esters (lactones) is 1. The molecule has 3 rings (SSSR count). The van der Waals surface area contributed by atoms with Crippen LogP contribution in [0.1, 0.15) is 17.5 Å². The molecule has 0 aromatic heterocycles. The molecule has 3 nitrogen and oxygen atoms in total. The monoisotopic (exact) mass is 296 g/mol. The minimum atomic E-state index is -0.0935. The van der Waals surface area contributed by atoms with Crippen molar-refractivity contribution in [1.82, 2.24) is 0 Å². The van der Waals surface area contributed by atoms with Crippen LogP contribution in [0.5, 0.6) is 5.75 Å². The Morgan fingerprint density at radius 3 is 2.50 bits per heavy atom. The van der Waals surface area contributed by atoms with Crippen LogP contribution in [0.15, 0.2) is 54.6 Å². The molecule has 0 saturated carbocycles. The van der Waals surface area contributed by atoms with Crippen LogP contribution in [0.3, 0.4) is 0 Å². The number of hydrogen-bond donors (Lipinski definition) is 0. The number of para-hydroxylation sites is 1. The number of methoxy groups -OCH3 is 1. The number of carbonyl (C=O) groups excluding carboxylic acids is 1. The highest BCUT2D eigenvalue weighted by Crippen LogP contribution is 2.32. The van der Waals surface area contributed by atoms with Crippen LogP contribution in [-0.4, -0.2) is 19.2 Å². The summed E-state index contributed by atoms with van der Waals surface area (Å²) in [7, 11) is 1.66. The summed E-state index contributed by atoms with van der Waals surface area (Å²) in [6.07, 6.45) is 2.50. The van der Waals surface area contributed by atoms with Gasteiger partial charge in [-0.25, -0.2) is 0 Å². The maximum absolute atomic E-state index is 11.8. The van der Waals surface area contributed by atoms with Gasteiger partial charge in [-0.2, -0.15) is 0 Å². The summed E-state index contributed by atoms with van der Waals surface area (Å²) in [5.41, 5.74) is 2.35.